The number of hydrogen-bond donors (Lipinski definition) is 10. The number of nitrogens with zero attached hydrogens (tertiary/aromatic N) is 1. The zero-order chi connectivity index (χ0) is 36.2. The highest BCUT2D eigenvalue weighted by Gasteiger charge is 2.31. The lowest BCUT2D eigenvalue weighted by atomic mass is 10.0. The quantitative estimate of drug-likeness (QED) is 0.0368. The molecule has 0 heterocycles. The maximum absolute atomic E-state index is 13.7. The molecule has 2 rings (SSSR count). The third-order valence-corrected chi connectivity index (χ3v) is 7.51. The van der Waals surface area contributed by atoms with Crippen molar-refractivity contribution in [1.82, 2.24) is 21.3 Å². The van der Waals surface area contributed by atoms with Gasteiger partial charge in [0.1, 0.15) is 24.2 Å². The van der Waals surface area contributed by atoms with Crippen molar-refractivity contribution in [3.8, 4) is 0 Å². The maximum atomic E-state index is 13.7. The number of aliphatic carboxylic acids is 1. The van der Waals surface area contributed by atoms with Gasteiger partial charge in [-0.3, -0.25) is 24.2 Å². The second-order valence-electron chi connectivity index (χ2n) is 11.5. The number of carboxylic acids is 1. The van der Waals surface area contributed by atoms with Crippen LogP contribution in [0.5, 0.6) is 0 Å². The lowest BCUT2D eigenvalue weighted by Gasteiger charge is -2.26. The number of unbranched alkanes of at least 4 members (excludes halogenated alkanes) is 1. The van der Waals surface area contributed by atoms with Crippen molar-refractivity contribution in [2.24, 2.45) is 27.9 Å². The molecule has 2 aromatic rings. The Morgan fingerprint density at radius 3 is 1.69 bits per heavy atom. The van der Waals surface area contributed by atoms with Crippen LogP contribution in [-0.4, -0.2) is 95.7 Å². The van der Waals surface area contributed by atoms with Gasteiger partial charge in [-0.05, 0) is 56.2 Å². The van der Waals surface area contributed by atoms with E-state index < -0.39 is 66.4 Å². The van der Waals surface area contributed by atoms with Crippen LogP contribution in [0.25, 0.3) is 0 Å². The van der Waals surface area contributed by atoms with Crippen LogP contribution in [0.1, 0.15) is 43.2 Å². The largest absolute Gasteiger partial charge is 0.480 e. The minimum Gasteiger partial charge on any atom is -0.480 e. The number of aliphatic hydroxyl groups is 1. The van der Waals surface area contributed by atoms with E-state index >= 15 is 0 Å². The molecule has 16 heteroatoms. The van der Waals surface area contributed by atoms with Crippen LogP contribution in [0, 0.1) is 0 Å². The molecule has 4 amide bonds. The number of amides is 4. The Hall–Kier alpha value is -5.06. The zero-order valence-corrected chi connectivity index (χ0v) is 27.4. The van der Waals surface area contributed by atoms with Crippen molar-refractivity contribution in [2.75, 3.05) is 19.7 Å². The summed E-state index contributed by atoms with van der Waals surface area (Å²) >= 11 is 0. The summed E-state index contributed by atoms with van der Waals surface area (Å²) in [7, 11) is 0. The molecule has 268 valence electrons. The van der Waals surface area contributed by atoms with Crippen molar-refractivity contribution in [3.05, 3.63) is 71.8 Å². The second kappa shape index (κ2) is 21.7. The van der Waals surface area contributed by atoms with Crippen LogP contribution in [-0.2, 0) is 36.8 Å². The predicted octanol–water partition coefficient (Wildman–Crippen LogP) is -2.00. The Bertz CT molecular complexity index is 1380. The van der Waals surface area contributed by atoms with Crippen molar-refractivity contribution in [2.45, 2.75) is 75.2 Å². The van der Waals surface area contributed by atoms with E-state index in [2.05, 4.69) is 26.3 Å². The fourth-order valence-corrected chi connectivity index (χ4v) is 4.83. The van der Waals surface area contributed by atoms with Gasteiger partial charge in [0.05, 0.1) is 12.6 Å². The van der Waals surface area contributed by atoms with Crippen LogP contribution in [0.3, 0.4) is 0 Å². The molecule has 14 N–H and O–H groups in total. The average molecular weight is 684 g/mol. The first kappa shape index (κ1) is 40.1. The number of rotatable bonds is 22. The molecule has 5 atom stereocenters. The number of carboxylic acid groups (broad SMARTS) is 1. The topological polar surface area (TPSA) is 290 Å². The number of hydrogen-bond acceptors (Lipinski definition) is 9. The number of aliphatic hydroxyl groups excluding tert-OH is 1. The first-order valence-electron chi connectivity index (χ1n) is 16.1. The maximum Gasteiger partial charge on any atom is 0.326 e. The fourth-order valence-electron chi connectivity index (χ4n) is 4.83. The molecule has 16 nitrogen and oxygen atoms in total. The number of aliphatic imine (C=N–C) groups is 1. The Balaban J connectivity index is 2.20. The van der Waals surface area contributed by atoms with E-state index in [1.165, 1.54) is 0 Å². The van der Waals surface area contributed by atoms with Crippen LogP contribution in [0.4, 0.5) is 0 Å². The molecule has 49 heavy (non-hydrogen) atoms. The minimum atomic E-state index is -1.42. The SMILES string of the molecule is NCCCC[C@H](NC(=O)[C@H](CO)NC(=O)[C@@H](N)Cc1ccccc1)C(=O)N[C@@H](Cc1ccccc1)C(=O)N[C@@H](CCCN=C(N)N)C(=O)O. The molecule has 0 aliphatic heterocycles. The van der Waals surface area contributed by atoms with Crippen molar-refractivity contribution < 1.29 is 34.2 Å². The summed E-state index contributed by atoms with van der Waals surface area (Å²) in [6.45, 7) is -0.286. The van der Waals surface area contributed by atoms with Gasteiger partial charge in [-0.2, -0.15) is 0 Å². The summed E-state index contributed by atoms with van der Waals surface area (Å²) in [4.78, 5) is 68.9. The lowest BCUT2D eigenvalue weighted by Crippen LogP contribution is -2.59. The van der Waals surface area contributed by atoms with E-state index in [1.54, 1.807) is 54.6 Å². The Kier molecular flexibility index (Phi) is 17.8. The van der Waals surface area contributed by atoms with Gasteiger partial charge in [0.2, 0.25) is 23.6 Å². The van der Waals surface area contributed by atoms with Gasteiger partial charge in [0.25, 0.3) is 0 Å². The normalized spacial score (nSPS) is 13.9. The van der Waals surface area contributed by atoms with Crippen molar-refractivity contribution in [3.63, 3.8) is 0 Å². The number of nitrogens with one attached hydrogen (secondary N) is 4. The Labute approximate surface area is 285 Å². The third-order valence-electron chi connectivity index (χ3n) is 7.51. The number of benzene rings is 2. The van der Waals surface area contributed by atoms with Gasteiger partial charge in [0, 0.05) is 13.0 Å². The van der Waals surface area contributed by atoms with E-state index in [1.807, 2.05) is 6.07 Å². The summed E-state index contributed by atoms with van der Waals surface area (Å²) in [6.07, 6.45) is 1.57. The smallest absolute Gasteiger partial charge is 0.326 e. The Morgan fingerprint density at radius 2 is 1.14 bits per heavy atom. The molecule has 0 bridgehead atoms. The van der Waals surface area contributed by atoms with E-state index in [0.717, 1.165) is 5.56 Å². The molecule has 0 saturated heterocycles. The zero-order valence-electron chi connectivity index (χ0n) is 27.4. The minimum absolute atomic E-state index is 0.0108. The number of carbonyl (C=O) groups is 5. The molecule has 0 aliphatic rings. The number of nitrogens with two attached hydrogens (primary N) is 4. The van der Waals surface area contributed by atoms with Crippen LogP contribution in [0.15, 0.2) is 65.7 Å². The molecule has 0 fully saturated rings. The van der Waals surface area contributed by atoms with Crippen LogP contribution >= 0.6 is 0 Å². The van der Waals surface area contributed by atoms with E-state index in [0.29, 0.717) is 24.9 Å². The van der Waals surface area contributed by atoms with Gasteiger partial charge in [-0.25, -0.2) is 4.79 Å². The molecule has 2 aromatic carbocycles. The number of guanidine groups is 1. The highest BCUT2D eigenvalue weighted by atomic mass is 16.4. The summed E-state index contributed by atoms with van der Waals surface area (Å²) in [5.41, 5.74) is 23.8. The highest BCUT2D eigenvalue weighted by Crippen LogP contribution is 2.09. The second-order valence-corrected chi connectivity index (χ2v) is 11.5. The van der Waals surface area contributed by atoms with Gasteiger partial charge < -0.3 is 54.4 Å². The van der Waals surface area contributed by atoms with Crippen LogP contribution in [0.2, 0.25) is 0 Å². The first-order valence-corrected chi connectivity index (χ1v) is 16.1. The molecule has 0 saturated carbocycles. The molecule has 0 radical (unpaired) electrons. The predicted molar refractivity (Wildman–Crippen MR) is 184 cm³/mol. The van der Waals surface area contributed by atoms with Gasteiger partial charge in [-0.1, -0.05) is 60.7 Å². The fraction of sp³-hybridized carbons (Fsp3) is 0.455. The van der Waals surface area contributed by atoms with Crippen molar-refractivity contribution >= 4 is 35.6 Å². The molecular formula is C33H49N9O7. The third kappa shape index (κ3) is 15.1. The first-order chi connectivity index (χ1) is 23.4. The average Bonchev–Trinajstić information content (AvgIpc) is 3.08. The summed E-state index contributed by atoms with van der Waals surface area (Å²) in [5, 5.41) is 29.8. The molecule has 0 aliphatic carbocycles. The van der Waals surface area contributed by atoms with E-state index in [9.17, 15) is 34.2 Å². The van der Waals surface area contributed by atoms with Gasteiger partial charge >= 0.3 is 5.97 Å². The Morgan fingerprint density at radius 1 is 0.653 bits per heavy atom. The van der Waals surface area contributed by atoms with Gasteiger partial charge in [-0.15, -0.1) is 0 Å². The molecule has 0 spiro atoms. The summed E-state index contributed by atoms with van der Waals surface area (Å²) in [5.74, 6) is -4.43. The van der Waals surface area contributed by atoms with E-state index in [4.69, 9.17) is 22.9 Å². The monoisotopic (exact) mass is 683 g/mol. The lowest BCUT2D eigenvalue weighted by molar-refractivity contribution is -0.142. The highest BCUT2D eigenvalue weighted by molar-refractivity contribution is 5.95. The summed E-state index contributed by atoms with van der Waals surface area (Å²) < 4.78 is 0. The standard InChI is InChI=1S/C33H49N9O7/c34-16-8-7-14-24(39-31(47)27(20-43)42-28(44)23(35)18-21-10-3-1-4-11-21)29(45)41-26(19-22-12-5-2-6-13-22)30(46)40-25(32(48)49)15-9-17-38-33(36)37/h1-6,10-13,23-27,43H,7-9,14-20,34-35H2,(H,39,47)(H,40,46)(H,41,45)(H,42,44)(H,48,49)(H4,36,37,38)/t23-,24-,25-,26-,27-/m0/s1. The van der Waals surface area contributed by atoms with E-state index in [-0.39, 0.29) is 44.6 Å². The molecular weight excluding hydrogens is 634 g/mol. The van der Waals surface area contributed by atoms with Gasteiger partial charge in [0.15, 0.2) is 5.96 Å². The molecule has 0 unspecified atom stereocenters. The van der Waals surface area contributed by atoms with Crippen LogP contribution < -0.4 is 44.2 Å². The van der Waals surface area contributed by atoms with Crippen molar-refractivity contribution in [1.29, 1.82) is 0 Å². The molecule has 0 aromatic heterocycles. The number of carbonyl (C=O) groups excluding carboxylic acids is 4. The summed E-state index contributed by atoms with van der Waals surface area (Å²) in [6, 6.07) is 11.7.